The number of rotatable bonds is 5. The first kappa shape index (κ1) is 27.3. The van der Waals surface area contributed by atoms with E-state index in [4.69, 9.17) is 14.6 Å². The average Bonchev–Trinajstić information content (AvgIpc) is 3.43. The zero-order valence-electron chi connectivity index (χ0n) is 20.5. The molecule has 2 aromatic heterocycles. The zero-order valence-corrected chi connectivity index (χ0v) is 20.5. The van der Waals surface area contributed by atoms with Crippen molar-refractivity contribution in [3.05, 3.63) is 60.6 Å². The highest BCUT2D eigenvalue weighted by atomic mass is 19.4. The van der Waals surface area contributed by atoms with E-state index in [1.54, 1.807) is 36.4 Å². The molecule has 4 aromatic rings. The molecular formula is C24H23F3N8O4. The van der Waals surface area contributed by atoms with Crippen LogP contribution in [0.25, 0.3) is 16.6 Å². The van der Waals surface area contributed by atoms with Gasteiger partial charge in [-0.2, -0.15) is 18.2 Å². The van der Waals surface area contributed by atoms with Gasteiger partial charge in [-0.1, -0.05) is 6.07 Å². The molecule has 0 atom stereocenters. The van der Waals surface area contributed by atoms with E-state index < -0.39 is 12.1 Å². The third-order valence-electron chi connectivity index (χ3n) is 5.48. The number of aromatic nitrogens is 5. The maximum Gasteiger partial charge on any atom is 0.490 e. The summed E-state index contributed by atoms with van der Waals surface area (Å²) in [7, 11) is 1.60. The van der Waals surface area contributed by atoms with E-state index in [0.29, 0.717) is 36.2 Å². The van der Waals surface area contributed by atoms with Gasteiger partial charge in [0, 0.05) is 43.0 Å². The Hall–Kier alpha value is -4.79. The van der Waals surface area contributed by atoms with Crippen molar-refractivity contribution in [2.75, 3.05) is 43.6 Å². The lowest BCUT2D eigenvalue weighted by Crippen LogP contribution is -2.37. The van der Waals surface area contributed by atoms with Crippen molar-refractivity contribution in [3.63, 3.8) is 0 Å². The first-order valence-corrected chi connectivity index (χ1v) is 11.5. The van der Waals surface area contributed by atoms with Crippen LogP contribution in [0.1, 0.15) is 10.4 Å². The van der Waals surface area contributed by atoms with E-state index >= 15 is 0 Å². The Balaban J connectivity index is 0.000000448. The van der Waals surface area contributed by atoms with Crippen LogP contribution >= 0.6 is 0 Å². The van der Waals surface area contributed by atoms with Crippen LogP contribution in [0.4, 0.5) is 30.8 Å². The molecule has 1 amide bonds. The number of halogens is 3. The first-order valence-electron chi connectivity index (χ1n) is 11.5. The molecule has 0 spiro atoms. The van der Waals surface area contributed by atoms with Gasteiger partial charge in [-0.05, 0) is 36.4 Å². The van der Waals surface area contributed by atoms with Crippen LogP contribution in [-0.4, -0.2) is 81.2 Å². The molecule has 0 saturated carbocycles. The van der Waals surface area contributed by atoms with Gasteiger partial charge in [-0.3, -0.25) is 4.79 Å². The van der Waals surface area contributed by atoms with Crippen LogP contribution < -0.4 is 15.5 Å². The molecule has 12 nitrogen and oxygen atoms in total. The Labute approximate surface area is 219 Å². The minimum atomic E-state index is -5.08. The number of benzene rings is 2. The first-order chi connectivity index (χ1) is 18.6. The van der Waals surface area contributed by atoms with Crippen LogP contribution in [0.15, 0.2) is 55.0 Å². The smallest absolute Gasteiger partial charge is 0.475 e. The molecule has 15 heteroatoms. The summed E-state index contributed by atoms with van der Waals surface area (Å²) in [6.45, 7) is 2.98. The maximum absolute atomic E-state index is 11.9. The second-order valence-electron chi connectivity index (χ2n) is 8.11. The van der Waals surface area contributed by atoms with Crippen molar-refractivity contribution in [2.45, 2.75) is 6.18 Å². The zero-order chi connectivity index (χ0) is 28.0. The summed E-state index contributed by atoms with van der Waals surface area (Å²) < 4.78 is 38.9. The van der Waals surface area contributed by atoms with Crippen molar-refractivity contribution in [2.24, 2.45) is 0 Å². The molecule has 0 unspecified atom stereocenters. The lowest BCUT2D eigenvalue weighted by atomic mass is 10.1. The Morgan fingerprint density at radius 2 is 1.74 bits per heavy atom. The van der Waals surface area contributed by atoms with Gasteiger partial charge in [0.25, 0.3) is 5.91 Å². The Morgan fingerprint density at radius 1 is 1.05 bits per heavy atom. The summed E-state index contributed by atoms with van der Waals surface area (Å²) in [6, 6.07) is 13.1. The molecule has 5 rings (SSSR count). The minimum Gasteiger partial charge on any atom is -0.475 e. The second kappa shape index (κ2) is 11.7. The SMILES string of the molecule is CNC(=O)c1ccc2cnc(Nc3ccc(-n4cnc(N5CCOCC5)n4)cc3)nc2c1.O=C(O)C(F)(F)F. The number of carboxylic acids is 1. The van der Waals surface area contributed by atoms with Gasteiger partial charge in [0.2, 0.25) is 11.9 Å². The van der Waals surface area contributed by atoms with Gasteiger partial charge in [-0.25, -0.2) is 19.4 Å². The van der Waals surface area contributed by atoms with Gasteiger partial charge in [0.05, 0.1) is 24.4 Å². The highest BCUT2D eigenvalue weighted by Crippen LogP contribution is 2.20. The number of nitrogens with one attached hydrogen (secondary N) is 2. The van der Waals surface area contributed by atoms with E-state index in [9.17, 15) is 18.0 Å². The van der Waals surface area contributed by atoms with Gasteiger partial charge in [-0.15, -0.1) is 5.10 Å². The molecule has 0 bridgehead atoms. The van der Waals surface area contributed by atoms with Crippen LogP contribution in [-0.2, 0) is 9.53 Å². The number of ether oxygens (including phenoxy) is 1. The number of anilines is 3. The van der Waals surface area contributed by atoms with Gasteiger partial charge < -0.3 is 25.4 Å². The van der Waals surface area contributed by atoms with Crippen LogP contribution in [0, 0.1) is 0 Å². The molecule has 1 aliphatic heterocycles. The standard InChI is InChI=1S/C22H22N8O2.C2HF3O2/c1-23-20(31)15-2-3-16-13-24-21(27-19(16)12-15)26-17-4-6-18(7-5-17)30-14-25-22(28-30)29-8-10-32-11-9-29;3-2(4,5)1(6)7/h2-7,12-14H,8-11H2,1H3,(H,23,31)(H,24,26,27);(H,6,7). The fourth-order valence-electron chi connectivity index (χ4n) is 3.48. The molecule has 0 radical (unpaired) electrons. The van der Waals surface area contributed by atoms with E-state index in [2.05, 4.69) is 35.6 Å². The molecule has 39 heavy (non-hydrogen) atoms. The van der Waals surface area contributed by atoms with Crippen molar-refractivity contribution < 1.29 is 32.6 Å². The molecule has 0 aliphatic carbocycles. The summed E-state index contributed by atoms with van der Waals surface area (Å²) >= 11 is 0. The molecule has 1 saturated heterocycles. The van der Waals surface area contributed by atoms with E-state index in [0.717, 1.165) is 29.9 Å². The van der Waals surface area contributed by atoms with E-state index in [-0.39, 0.29) is 5.91 Å². The number of hydrogen-bond donors (Lipinski definition) is 3. The topological polar surface area (TPSA) is 147 Å². The van der Waals surface area contributed by atoms with Crippen LogP contribution in [0.2, 0.25) is 0 Å². The number of amides is 1. The third kappa shape index (κ3) is 6.95. The summed E-state index contributed by atoms with van der Waals surface area (Å²) in [5, 5.41) is 18.4. The maximum atomic E-state index is 11.9. The molecule has 1 fully saturated rings. The summed E-state index contributed by atoms with van der Waals surface area (Å²) in [5.41, 5.74) is 2.98. The molecule has 2 aromatic carbocycles. The second-order valence-corrected chi connectivity index (χ2v) is 8.11. The Kier molecular flexibility index (Phi) is 8.19. The fourth-order valence-corrected chi connectivity index (χ4v) is 3.48. The number of aliphatic carboxylic acids is 1. The average molecular weight is 544 g/mol. The van der Waals surface area contributed by atoms with E-state index in [1.165, 1.54) is 0 Å². The molecule has 3 N–H and O–H groups in total. The van der Waals surface area contributed by atoms with E-state index in [1.807, 2.05) is 30.3 Å². The summed E-state index contributed by atoms with van der Waals surface area (Å²) in [4.78, 5) is 36.2. The Morgan fingerprint density at radius 3 is 2.38 bits per heavy atom. The number of hydrogen-bond acceptors (Lipinski definition) is 9. The highest BCUT2D eigenvalue weighted by Gasteiger charge is 2.38. The lowest BCUT2D eigenvalue weighted by Gasteiger charge is -2.25. The van der Waals surface area contributed by atoms with Crippen molar-refractivity contribution in [1.29, 1.82) is 0 Å². The van der Waals surface area contributed by atoms with Gasteiger partial charge >= 0.3 is 12.1 Å². The number of alkyl halides is 3. The quantitative estimate of drug-likeness (QED) is 0.343. The number of fused-ring (bicyclic) bond motifs is 1. The van der Waals surface area contributed by atoms with Crippen molar-refractivity contribution >= 4 is 40.4 Å². The van der Waals surface area contributed by atoms with Crippen LogP contribution in [0.3, 0.4) is 0 Å². The largest absolute Gasteiger partial charge is 0.490 e. The van der Waals surface area contributed by atoms with Crippen LogP contribution in [0.5, 0.6) is 0 Å². The molecule has 204 valence electrons. The predicted octanol–water partition coefficient (Wildman–Crippen LogP) is 2.78. The normalized spacial score (nSPS) is 13.4. The third-order valence-corrected chi connectivity index (χ3v) is 5.48. The fraction of sp³-hybridized carbons (Fsp3) is 0.250. The van der Waals surface area contributed by atoms with Crippen molar-refractivity contribution in [3.8, 4) is 5.69 Å². The molecule has 1 aliphatic rings. The Bertz CT molecular complexity index is 1450. The lowest BCUT2D eigenvalue weighted by molar-refractivity contribution is -0.192. The number of carboxylic acid groups (broad SMARTS) is 1. The number of nitrogens with zero attached hydrogens (tertiary/aromatic N) is 6. The number of carbonyl (C=O) groups is 2. The molecule has 3 heterocycles. The number of morpholine rings is 1. The minimum absolute atomic E-state index is 0.152. The highest BCUT2D eigenvalue weighted by molar-refractivity contribution is 5.97. The van der Waals surface area contributed by atoms with Gasteiger partial charge in [0.1, 0.15) is 6.33 Å². The monoisotopic (exact) mass is 544 g/mol. The number of carbonyl (C=O) groups excluding carboxylic acids is 1. The summed E-state index contributed by atoms with van der Waals surface area (Å²) in [5.74, 6) is -1.75. The summed E-state index contributed by atoms with van der Waals surface area (Å²) in [6.07, 6.45) is -1.64. The van der Waals surface area contributed by atoms with Gasteiger partial charge in [0.15, 0.2) is 0 Å². The van der Waals surface area contributed by atoms with Crippen molar-refractivity contribution in [1.82, 2.24) is 30.0 Å². The molecular weight excluding hydrogens is 521 g/mol. The predicted molar refractivity (Wildman–Crippen MR) is 134 cm³/mol.